The Hall–Kier alpha value is -1.36. The molecule has 0 unspecified atom stereocenters. The van der Waals surface area contributed by atoms with Gasteiger partial charge in [-0.25, -0.2) is 9.78 Å². The summed E-state index contributed by atoms with van der Waals surface area (Å²) < 4.78 is 4.98. The first-order valence-electron chi connectivity index (χ1n) is 5.27. The zero-order chi connectivity index (χ0) is 12.0. The second kappa shape index (κ2) is 6.27. The molecule has 0 saturated carbocycles. The molecule has 4 nitrogen and oxygen atoms in total. The minimum absolute atomic E-state index is 0.332. The van der Waals surface area contributed by atoms with Gasteiger partial charge in [0.1, 0.15) is 0 Å². The summed E-state index contributed by atoms with van der Waals surface area (Å²) in [4.78, 5) is 15.8. The molecule has 0 fully saturated rings. The predicted molar refractivity (Wildman–Crippen MR) is 66.0 cm³/mol. The zero-order valence-corrected chi connectivity index (χ0v) is 10.3. The first-order valence-corrected chi connectivity index (χ1v) is 6.15. The summed E-state index contributed by atoms with van der Waals surface area (Å²) in [5.74, 6) is -0.332. The van der Waals surface area contributed by atoms with Crippen LogP contribution in [-0.2, 0) is 9.53 Å². The largest absolute Gasteiger partial charge is 0.462 e. The van der Waals surface area contributed by atoms with Crippen molar-refractivity contribution in [2.24, 2.45) is 0 Å². The van der Waals surface area contributed by atoms with Crippen molar-refractivity contribution in [1.29, 1.82) is 0 Å². The normalized spacial score (nSPS) is 11.5. The molecule has 0 aliphatic heterocycles. The van der Waals surface area contributed by atoms with Crippen molar-refractivity contribution in [2.45, 2.75) is 26.7 Å². The van der Waals surface area contributed by atoms with E-state index in [0.717, 1.165) is 12.8 Å². The third-order valence-corrected chi connectivity index (χ3v) is 2.60. The number of anilines is 1. The molecule has 0 amide bonds. The van der Waals surface area contributed by atoms with Crippen LogP contribution in [-0.4, -0.2) is 17.6 Å². The molecular formula is C11H16N2O2S. The van der Waals surface area contributed by atoms with E-state index in [0.29, 0.717) is 23.0 Å². The Balaban J connectivity index is 2.91. The van der Waals surface area contributed by atoms with E-state index in [1.54, 1.807) is 12.3 Å². The zero-order valence-electron chi connectivity index (χ0n) is 9.53. The van der Waals surface area contributed by atoms with Gasteiger partial charge >= 0.3 is 5.97 Å². The molecule has 0 bridgehead atoms. The molecule has 88 valence electrons. The van der Waals surface area contributed by atoms with Gasteiger partial charge in [-0.3, -0.25) is 0 Å². The molecule has 5 heteroatoms. The lowest BCUT2D eigenvalue weighted by Crippen LogP contribution is -2.07. The van der Waals surface area contributed by atoms with Crippen LogP contribution in [0.4, 0.5) is 5.13 Å². The standard InChI is InChI=1S/C11H16N2O2S/c1-3-5-6-8(10(14)15-4-2)9-7-16-11(12)13-9/h6-7H,3-5H2,1-2H3,(H2,12,13)/b8-6+. The highest BCUT2D eigenvalue weighted by molar-refractivity contribution is 7.13. The summed E-state index contributed by atoms with van der Waals surface area (Å²) in [6, 6.07) is 0. The number of thiazole rings is 1. The van der Waals surface area contributed by atoms with Crippen LogP contribution < -0.4 is 5.73 Å². The van der Waals surface area contributed by atoms with Gasteiger partial charge in [-0.15, -0.1) is 11.3 Å². The van der Waals surface area contributed by atoms with Crippen LogP contribution in [0.15, 0.2) is 11.5 Å². The van der Waals surface area contributed by atoms with Crippen molar-refractivity contribution in [1.82, 2.24) is 4.98 Å². The van der Waals surface area contributed by atoms with Crippen molar-refractivity contribution in [3.8, 4) is 0 Å². The third kappa shape index (κ3) is 3.34. The Kier molecular flexibility index (Phi) is 4.98. The van der Waals surface area contributed by atoms with Gasteiger partial charge < -0.3 is 10.5 Å². The number of esters is 1. The molecule has 0 atom stereocenters. The molecule has 0 radical (unpaired) electrons. The monoisotopic (exact) mass is 240 g/mol. The smallest absolute Gasteiger partial charge is 0.340 e. The van der Waals surface area contributed by atoms with E-state index in [2.05, 4.69) is 11.9 Å². The molecule has 1 heterocycles. The van der Waals surface area contributed by atoms with Gasteiger partial charge in [-0.2, -0.15) is 0 Å². The van der Waals surface area contributed by atoms with Crippen molar-refractivity contribution in [3.05, 3.63) is 17.2 Å². The second-order valence-electron chi connectivity index (χ2n) is 3.20. The number of allylic oxidation sites excluding steroid dienone is 1. The number of ether oxygens (including phenoxy) is 1. The first-order chi connectivity index (χ1) is 7.69. The topological polar surface area (TPSA) is 65.2 Å². The van der Waals surface area contributed by atoms with Gasteiger partial charge in [0, 0.05) is 5.38 Å². The van der Waals surface area contributed by atoms with E-state index in [1.165, 1.54) is 11.3 Å². The first kappa shape index (κ1) is 12.7. The molecule has 1 aromatic rings. The lowest BCUT2D eigenvalue weighted by molar-refractivity contribution is -0.136. The number of rotatable bonds is 5. The fraction of sp³-hybridized carbons (Fsp3) is 0.455. The molecule has 0 spiro atoms. The maximum absolute atomic E-state index is 11.7. The Labute approximate surface area is 99.1 Å². The van der Waals surface area contributed by atoms with Crippen LogP contribution in [0.2, 0.25) is 0 Å². The summed E-state index contributed by atoms with van der Waals surface area (Å²) in [6.07, 6.45) is 3.65. The van der Waals surface area contributed by atoms with Gasteiger partial charge in [0.05, 0.1) is 17.9 Å². The Morgan fingerprint density at radius 3 is 2.88 bits per heavy atom. The van der Waals surface area contributed by atoms with Gasteiger partial charge in [0.25, 0.3) is 0 Å². The maximum atomic E-state index is 11.7. The molecular weight excluding hydrogens is 224 g/mol. The number of carbonyl (C=O) groups is 1. The fourth-order valence-corrected chi connectivity index (χ4v) is 1.76. The van der Waals surface area contributed by atoms with Crippen LogP contribution >= 0.6 is 11.3 Å². The van der Waals surface area contributed by atoms with Gasteiger partial charge in [0.2, 0.25) is 0 Å². The molecule has 16 heavy (non-hydrogen) atoms. The van der Waals surface area contributed by atoms with Crippen molar-refractivity contribution >= 4 is 28.0 Å². The van der Waals surface area contributed by atoms with Crippen LogP contribution in [0.3, 0.4) is 0 Å². The lowest BCUT2D eigenvalue weighted by atomic mass is 10.1. The number of unbranched alkanes of at least 4 members (excludes halogenated alkanes) is 1. The fourth-order valence-electron chi connectivity index (χ4n) is 1.20. The lowest BCUT2D eigenvalue weighted by Gasteiger charge is -2.03. The van der Waals surface area contributed by atoms with Crippen LogP contribution in [0.1, 0.15) is 32.4 Å². The minimum atomic E-state index is -0.332. The third-order valence-electron chi connectivity index (χ3n) is 1.93. The SMILES string of the molecule is CCC/C=C(/C(=O)OCC)c1csc(N)n1. The number of nitrogens with two attached hydrogens (primary N) is 1. The Bertz CT molecular complexity index is 385. The van der Waals surface area contributed by atoms with Crippen LogP contribution in [0.25, 0.3) is 5.57 Å². The number of nitrogens with zero attached hydrogens (tertiary/aromatic N) is 1. The minimum Gasteiger partial charge on any atom is -0.462 e. The van der Waals surface area contributed by atoms with Crippen molar-refractivity contribution in [3.63, 3.8) is 0 Å². The average Bonchev–Trinajstić information content (AvgIpc) is 2.66. The summed E-state index contributed by atoms with van der Waals surface area (Å²) in [7, 11) is 0. The molecule has 0 saturated heterocycles. The molecule has 1 aromatic heterocycles. The highest BCUT2D eigenvalue weighted by atomic mass is 32.1. The predicted octanol–water partition coefficient (Wildman–Crippen LogP) is 2.47. The van der Waals surface area contributed by atoms with E-state index >= 15 is 0 Å². The summed E-state index contributed by atoms with van der Waals surface area (Å²) in [5, 5.41) is 2.23. The highest BCUT2D eigenvalue weighted by Crippen LogP contribution is 2.21. The Morgan fingerprint density at radius 2 is 2.38 bits per heavy atom. The number of nitrogen functional groups attached to an aromatic ring is 1. The average molecular weight is 240 g/mol. The van der Waals surface area contributed by atoms with E-state index in [9.17, 15) is 4.79 Å². The van der Waals surface area contributed by atoms with Gasteiger partial charge in [0.15, 0.2) is 5.13 Å². The Morgan fingerprint density at radius 1 is 1.62 bits per heavy atom. The molecule has 0 aromatic carbocycles. The van der Waals surface area contributed by atoms with Crippen molar-refractivity contribution in [2.75, 3.05) is 12.3 Å². The number of aromatic nitrogens is 1. The number of carbonyl (C=O) groups excluding carboxylic acids is 1. The van der Waals surface area contributed by atoms with E-state index < -0.39 is 0 Å². The maximum Gasteiger partial charge on any atom is 0.340 e. The van der Waals surface area contributed by atoms with E-state index in [1.807, 2.05) is 6.08 Å². The van der Waals surface area contributed by atoms with Crippen LogP contribution in [0, 0.1) is 0 Å². The van der Waals surface area contributed by atoms with Gasteiger partial charge in [-0.1, -0.05) is 19.4 Å². The highest BCUT2D eigenvalue weighted by Gasteiger charge is 2.15. The van der Waals surface area contributed by atoms with Crippen molar-refractivity contribution < 1.29 is 9.53 Å². The van der Waals surface area contributed by atoms with E-state index in [-0.39, 0.29) is 5.97 Å². The molecule has 0 aliphatic rings. The van der Waals surface area contributed by atoms with E-state index in [4.69, 9.17) is 10.5 Å². The molecule has 1 rings (SSSR count). The van der Waals surface area contributed by atoms with Gasteiger partial charge in [-0.05, 0) is 13.3 Å². The van der Waals surface area contributed by atoms with Crippen LogP contribution in [0.5, 0.6) is 0 Å². The summed E-state index contributed by atoms with van der Waals surface area (Å²) in [5.41, 5.74) is 6.66. The summed E-state index contributed by atoms with van der Waals surface area (Å²) >= 11 is 1.32. The number of hydrogen-bond donors (Lipinski definition) is 1. The summed E-state index contributed by atoms with van der Waals surface area (Å²) in [6.45, 7) is 4.20. The molecule has 0 aliphatic carbocycles. The quantitative estimate of drug-likeness (QED) is 0.634. The number of hydrogen-bond acceptors (Lipinski definition) is 5. The second-order valence-corrected chi connectivity index (χ2v) is 4.09. The molecule has 2 N–H and O–H groups in total.